The summed E-state index contributed by atoms with van der Waals surface area (Å²) < 4.78 is 0. The first-order valence-electron chi connectivity index (χ1n) is 4.54. The Morgan fingerprint density at radius 3 is 2.62 bits per heavy atom. The van der Waals surface area contributed by atoms with Gasteiger partial charge in [0, 0.05) is 5.56 Å². The summed E-state index contributed by atoms with van der Waals surface area (Å²) in [6, 6.07) is 6.60. The monoisotopic (exact) mass is 214 g/mol. The molecule has 7 nitrogen and oxygen atoms in total. The normalized spacial score (nSPS) is 10.8. The van der Waals surface area contributed by atoms with E-state index in [-0.39, 0.29) is 5.75 Å². The number of hydrogen-bond acceptors (Lipinski definition) is 6. The van der Waals surface area contributed by atoms with Crippen molar-refractivity contribution in [2.75, 3.05) is 0 Å². The highest BCUT2D eigenvalue weighted by atomic mass is 16.3. The Morgan fingerprint density at radius 1 is 1.00 bits per heavy atom. The van der Waals surface area contributed by atoms with E-state index >= 15 is 0 Å². The van der Waals surface area contributed by atoms with Crippen LogP contribution in [0.2, 0.25) is 0 Å². The molecule has 0 aliphatic heterocycles. The topological polar surface area (TPSA) is 100 Å². The Balaban J connectivity index is 2.25. The van der Waals surface area contributed by atoms with Crippen molar-refractivity contribution in [2.24, 2.45) is 0 Å². The zero-order valence-electron chi connectivity index (χ0n) is 7.99. The van der Waals surface area contributed by atoms with Gasteiger partial charge in [-0.2, -0.15) is 10.3 Å². The van der Waals surface area contributed by atoms with Crippen molar-refractivity contribution in [3.63, 3.8) is 0 Å². The molecule has 0 spiro atoms. The summed E-state index contributed by atoms with van der Waals surface area (Å²) in [4.78, 5) is 0. The van der Waals surface area contributed by atoms with Crippen LogP contribution in [0.4, 0.5) is 0 Å². The molecule has 1 aromatic carbocycles. The minimum atomic E-state index is 0.196. The number of aromatic nitrogens is 6. The fourth-order valence-electron chi connectivity index (χ4n) is 1.42. The van der Waals surface area contributed by atoms with Crippen LogP contribution in [-0.2, 0) is 0 Å². The molecule has 78 valence electrons. The SMILES string of the molecule is Oc1ccc(-c2nnnc3n[nH]nc23)cc1. The van der Waals surface area contributed by atoms with Gasteiger partial charge in [0.2, 0.25) is 5.65 Å². The molecule has 2 aromatic heterocycles. The zero-order valence-corrected chi connectivity index (χ0v) is 7.99. The maximum Gasteiger partial charge on any atom is 0.227 e. The molecule has 0 aliphatic carbocycles. The second kappa shape index (κ2) is 3.23. The molecule has 7 heteroatoms. The number of phenols is 1. The molecule has 2 heterocycles. The number of benzene rings is 1. The summed E-state index contributed by atoms with van der Waals surface area (Å²) in [7, 11) is 0. The molecule has 2 N–H and O–H groups in total. The second-order valence-corrected chi connectivity index (χ2v) is 3.18. The van der Waals surface area contributed by atoms with Crippen molar-refractivity contribution >= 4 is 11.2 Å². The van der Waals surface area contributed by atoms with E-state index < -0.39 is 0 Å². The Morgan fingerprint density at radius 2 is 1.81 bits per heavy atom. The van der Waals surface area contributed by atoms with Crippen molar-refractivity contribution in [3.05, 3.63) is 24.3 Å². The summed E-state index contributed by atoms with van der Waals surface area (Å²) in [6.07, 6.45) is 0. The molecule has 16 heavy (non-hydrogen) atoms. The largest absolute Gasteiger partial charge is 0.508 e. The number of phenolic OH excluding ortho intramolecular Hbond substituents is 1. The van der Waals surface area contributed by atoms with Gasteiger partial charge < -0.3 is 5.11 Å². The van der Waals surface area contributed by atoms with Crippen LogP contribution in [0.1, 0.15) is 0 Å². The van der Waals surface area contributed by atoms with Gasteiger partial charge in [0.05, 0.1) is 0 Å². The van der Waals surface area contributed by atoms with E-state index in [1.54, 1.807) is 24.3 Å². The van der Waals surface area contributed by atoms with Gasteiger partial charge in [-0.25, -0.2) is 0 Å². The van der Waals surface area contributed by atoms with E-state index in [9.17, 15) is 5.11 Å². The van der Waals surface area contributed by atoms with Crippen LogP contribution in [0.25, 0.3) is 22.4 Å². The fraction of sp³-hybridized carbons (Fsp3) is 0. The maximum atomic E-state index is 9.19. The molecule has 0 aliphatic rings. The number of rotatable bonds is 1. The number of nitrogens with zero attached hydrogens (tertiary/aromatic N) is 5. The molecular weight excluding hydrogens is 208 g/mol. The highest BCUT2D eigenvalue weighted by Crippen LogP contribution is 2.23. The number of aromatic amines is 1. The first kappa shape index (κ1) is 8.72. The van der Waals surface area contributed by atoms with Gasteiger partial charge in [-0.15, -0.1) is 15.3 Å². The lowest BCUT2D eigenvalue weighted by molar-refractivity contribution is 0.475. The lowest BCUT2D eigenvalue weighted by Crippen LogP contribution is -1.92. The highest BCUT2D eigenvalue weighted by molar-refractivity contribution is 5.85. The number of hydrogen-bond donors (Lipinski definition) is 2. The molecule has 0 fully saturated rings. The third kappa shape index (κ3) is 1.26. The average Bonchev–Trinajstić information content (AvgIpc) is 2.78. The Hall–Kier alpha value is -2.57. The molecule has 0 bridgehead atoms. The Labute approximate surface area is 89.1 Å². The minimum absolute atomic E-state index is 0.196. The second-order valence-electron chi connectivity index (χ2n) is 3.18. The van der Waals surface area contributed by atoms with Crippen LogP contribution >= 0.6 is 0 Å². The Kier molecular flexibility index (Phi) is 1.76. The number of aromatic hydroxyl groups is 1. The predicted octanol–water partition coefficient (Wildman–Crippen LogP) is 0.515. The van der Waals surface area contributed by atoms with Gasteiger partial charge in [-0.05, 0) is 29.5 Å². The van der Waals surface area contributed by atoms with Crippen molar-refractivity contribution in [2.45, 2.75) is 0 Å². The maximum absolute atomic E-state index is 9.19. The van der Waals surface area contributed by atoms with E-state index in [0.29, 0.717) is 16.9 Å². The molecule has 0 amide bonds. The smallest absolute Gasteiger partial charge is 0.227 e. The fourth-order valence-corrected chi connectivity index (χ4v) is 1.42. The van der Waals surface area contributed by atoms with Crippen LogP contribution < -0.4 is 0 Å². The first-order valence-corrected chi connectivity index (χ1v) is 4.54. The van der Waals surface area contributed by atoms with Crippen molar-refractivity contribution in [3.8, 4) is 17.0 Å². The van der Waals surface area contributed by atoms with E-state index in [0.717, 1.165) is 5.56 Å². The third-order valence-corrected chi connectivity index (χ3v) is 2.18. The number of H-pyrrole nitrogens is 1. The van der Waals surface area contributed by atoms with E-state index in [1.165, 1.54) is 0 Å². The van der Waals surface area contributed by atoms with Gasteiger partial charge in [0.1, 0.15) is 11.4 Å². The summed E-state index contributed by atoms with van der Waals surface area (Å²) in [5.41, 5.74) is 2.35. The summed E-state index contributed by atoms with van der Waals surface area (Å²) in [5, 5.41) is 30.7. The standard InChI is InChI=1S/C9H6N6O/c16-6-3-1-5(2-4-6)7-8-9(12-14-10-7)13-15-11-8/h1-4,16H,(H,10,11,12,13,15). The van der Waals surface area contributed by atoms with Crippen LogP contribution in [0, 0.1) is 0 Å². The molecule has 0 saturated heterocycles. The van der Waals surface area contributed by atoms with Crippen LogP contribution in [-0.4, -0.2) is 35.9 Å². The number of fused-ring (bicyclic) bond motifs is 1. The van der Waals surface area contributed by atoms with Gasteiger partial charge >= 0.3 is 0 Å². The van der Waals surface area contributed by atoms with Gasteiger partial charge in [-0.3, -0.25) is 0 Å². The Bertz CT molecular complexity index is 632. The predicted molar refractivity (Wildman–Crippen MR) is 54.4 cm³/mol. The highest BCUT2D eigenvalue weighted by Gasteiger charge is 2.10. The van der Waals surface area contributed by atoms with Gasteiger partial charge in [0.25, 0.3) is 0 Å². The van der Waals surface area contributed by atoms with Gasteiger partial charge in [0.15, 0.2) is 5.52 Å². The summed E-state index contributed by atoms with van der Waals surface area (Å²) >= 11 is 0. The summed E-state index contributed by atoms with van der Waals surface area (Å²) in [6.45, 7) is 0. The van der Waals surface area contributed by atoms with Crippen molar-refractivity contribution in [1.82, 2.24) is 30.8 Å². The number of nitrogens with one attached hydrogen (secondary N) is 1. The van der Waals surface area contributed by atoms with E-state index in [4.69, 9.17) is 0 Å². The lowest BCUT2D eigenvalue weighted by Gasteiger charge is -1.98. The van der Waals surface area contributed by atoms with E-state index in [2.05, 4.69) is 30.8 Å². The first-order chi connectivity index (χ1) is 7.84. The molecule has 3 rings (SSSR count). The third-order valence-electron chi connectivity index (χ3n) is 2.18. The van der Waals surface area contributed by atoms with Gasteiger partial charge in [-0.1, -0.05) is 0 Å². The molecular formula is C9H6N6O. The average molecular weight is 214 g/mol. The minimum Gasteiger partial charge on any atom is -0.508 e. The molecule has 0 saturated carbocycles. The summed E-state index contributed by atoms with van der Waals surface area (Å²) in [5.74, 6) is 0.196. The van der Waals surface area contributed by atoms with Crippen molar-refractivity contribution < 1.29 is 5.11 Å². The van der Waals surface area contributed by atoms with Crippen LogP contribution in [0.3, 0.4) is 0 Å². The molecule has 0 radical (unpaired) electrons. The van der Waals surface area contributed by atoms with E-state index in [1.807, 2.05) is 0 Å². The molecule has 0 unspecified atom stereocenters. The molecule has 0 atom stereocenters. The zero-order chi connectivity index (χ0) is 11.0. The molecule has 3 aromatic rings. The van der Waals surface area contributed by atoms with Crippen molar-refractivity contribution in [1.29, 1.82) is 0 Å². The lowest BCUT2D eigenvalue weighted by atomic mass is 10.1. The quantitative estimate of drug-likeness (QED) is 0.612. The van der Waals surface area contributed by atoms with Crippen LogP contribution in [0.5, 0.6) is 5.75 Å². The van der Waals surface area contributed by atoms with Crippen LogP contribution in [0.15, 0.2) is 24.3 Å².